The molecule has 2 heterocycles. The number of benzene rings is 1. The van der Waals surface area contributed by atoms with E-state index in [0.717, 1.165) is 38.1 Å². The highest BCUT2D eigenvalue weighted by atomic mass is 16.1. The smallest absolute Gasteiger partial charge is 0.260 e. The van der Waals surface area contributed by atoms with E-state index < -0.39 is 0 Å². The van der Waals surface area contributed by atoms with Crippen LogP contribution in [0, 0.1) is 5.92 Å². The minimum Gasteiger partial charge on any atom is -0.342 e. The molecule has 1 fully saturated rings. The number of anilines is 1. The van der Waals surface area contributed by atoms with E-state index in [9.17, 15) is 4.79 Å². The number of hydrogen-bond donors (Lipinski definition) is 1. The van der Waals surface area contributed by atoms with Gasteiger partial charge in [-0.1, -0.05) is 19.1 Å². The van der Waals surface area contributed by atoms with Gasteiger partial charge in [0.15, 0.2) is 0 Å². The van der Waals surface area contributed by atoms with Crippen LogP contribution in [-0.2, 0) is 0 Å². The Balaban J connectivity index is 1.80. The largest absolute Gasteiger partial charge is 0.342 e. The second-order valence-corrected chi connectivity index (χ2v) is 5.86. The quantitative estimate of drug-likeness (QED) is 0.929. The van der Waals surface area contributed by atoms with Crippen LogP contribution in [0.5, 0.6) is 0 Å². The van der Waals surface area contributed by atoms with Gasteiger partial charge in [-0.05, 0) is 38.1 Å². The van der Waals surface area contributed by atoms with Crippen LogP contribution in [0.3, 0.4) is 0 Å². The van der Waals surface area contributed by atoms with Crippen LogP contribution in [0.4, 0.5) is 5.95 Å². The van der Waals surface area contributed by atoms with E-state index >= 15 is 0 Å². The van der Waals surface area contributed by atoms with Gasteiger partial charge < -0.3 is 9.80 Å². The highest BCUT2D eigenvalue weighted by Gasteiger charge is 2.25. The van der Waals surface area contributed by atoms with E-state index in [4.69, 9.17) is 0 Å². The van der Waals surface area contributed by atoms with Crippen molar-refractivity contribution in [2.45, 2.75) is 13.3 Å². The first-order valence-electron chi connectivity index (χ1n) is 7.60. The normalized spacial score (nSPS) is 18.8. The van der Waals surface area contributed by atoms with Crippen LogP contribution in [0.25, 0.3) is 10.9 Å². The minimum atomic E-state index is -0.0512. The summed E-state index contributed by atoms with van der Waals surface area (Å²) in [6.45, 7) is 6.27. The van der Waals surface area contributed by atoms with E-state index in [-0.39, 0.29) is 5.56 Å². The van der Waals surface area contributed by atoms with Crippen LogP contribution in [0.15, 0.2) is 29.1 Å². The molecule has 3 rings (SSSR count). The van der Waals surface area contributed by atoms with Crippen LogP contribution in [-0.4, -0.2) is 48.1 Å². The Morgan fingerprint density at radius 1 is 1.43 bits per heavy atom. The predicted molar refractivity (Wildman–Crippen MR) is 85.9 cm³/mol. The molecule has 1 aromatic heterocycles. The van der Waals surface area contributed by atoms with Crippen molar-refractivity contribution in [2.24, 2.45) is 5.92 Å². The van der Waals surface area contributed by atoms with Crippen molar-refractivity contribution in [1.82, 2.24) is 14.9 Å². The molecule has 112 valence electrons. The number of rotatable bonds is 4. The summed E-state index contributed by atoms with van der Waals surface area (Å²) in [5, 5.41) is 0.655. The third-order valence-electron chi connectivity index (χ3n) is 4.30. The zero-order valence-corrected chi connectivity index (χ0v) is 12.7. The fraction of sp³-hybridized carbons (Fsp3) is 0.500. The second-order valence-electron chi connectivity index (χ2n) is 5.86. The third-order valence-corrected chi connectivity index (χ3v) is 4.30. The molecule has 1 aliphatic heterocycles. The summed E-state index contributed by atoms with van der Waals surface area (Å²) in [6.07, 6.45) is 1.15. The van der Waals surface area contributed by atoms with Gasteiger partial charge >= 0.3 is 0 Å². The molecule has 1 aromatic carbocycles. The molecule has 21 heavy (non-hydrogen) atoms. The first-order chi connectivity index (χ1) is 10.2. The van der Waals surface area contributed by atoms with Gasteiger partial charge in [-0.25, -0.2) is 4.98 Å². The van der Waals surface area contributed by atoms with Gasteiger partial charge in [0.05, 0.1) is 10.9 Å². The Labute approximate surface area is 124 Å². The Morgan fingerprint density at radius 2 is 2.24 bits per heavy atom. The summed E-state index contributed by atoms with van der Waals surface area (Å²) in [5.74, 6) is 1.35. The average molecular weight is 286 g/mol. The number of hydrogen-bond acceptors (Lipinski definition) is 4. The van der Waals surface area contributed by atoms with E-state index in [0.29, 0.717) is 17.3 Å². The van der Waals surface area contributed by atoms with Gasteiger partial charge in [-0.3, -0.25) is 9.78 Å². The molecule has 1 saturated heterocycles. The SMILES string of the molecule is CCN(C)CC1CCN(c2nc3ccccc3c(=O)[nH]2)C1. The van der Waals surface area contributed by atoms with Gasteiger partial charge in [-0.15, -0.1) is 0 Å². The van der Waals surface area contributed by atoms with E-state index in [2.05, 4.69) is 33.7 Å². The highest BCUT2D eigenvalue weighted by Crippen LogP contribution is 2.21. The van der Waals surface area contributed by atoms with Crippen LogP contribution < -0.4 is 10.5 Å². The van der Waals surface area contributed by atoms with Gasteiger partial charge in [-0.2, -0.15) is 0 Å². The Hall–Kier alpha value is -1.88. The number of para-hydroxylation sites is 1. The standard InChI is InChI=1S/C16H22N4O/c1-3-19(2)10-12-8-9-20(11-12)16-17-14-7-5-4-6-13(14)15(21)18-16/h4-7,12H,3,8-11H2,1-2H3,(H,17,18,21). The van der Waals surface area contributed by atoms with Crippen LogP contribution >= 0.6 is 0 Å². The average Bonchev–Trinajstić information content (AvgIpc) is 2.95. The van der Waals surface area contributed by atoms with Crippen molar-refractivity contribution in [3.05, 3.63) is 34.6 Å². The van der Waals surface area contributed by atoms with Crippen molar-refractivity contribution in [3.8, 4) is 0 Å². The monoisotopic (exact) mass is 286 g/mol. The first kappa shape index (κ1) is 14.1. The molecule has 1 N–H and O–H groups in total. The summed E-state index contributed by atoms with van der Waals surface area (Å²) >= 11 is 0. The third kappa shape index (κ3) is 2.93. The lowest BCUT2D eigenvalue weighted by Gasteiger charge is -2.20. The number of aromatic amines is 1. The van der Waals surface area contributed by atoms with E-state index in [1.165, 1.54) is 0 Å². The highest BCUT2D eigenvalue weighted by molar-refractivity contribution is 5.78. The predicted octanol–water partition coefficient (Wildman–Crippen LogP) is 1.70. The van der Waals surface area contributed by atoms with Crippen molar-refractivity contribution in [1.29, 1.82) is 0 Å². The first-order valence-corrected chi connectivity index (χ1v) is 7.60. The number of nitrogens with one attached hydrogen (secondary N) is 1. The summed E-state index contributed by atoms with van der Waals surface area (Å²) < 4.78 is 0. The van der Waals surface area contributed by atoms with E-state index in [1.807, 2.05) is 24.3 Å². The Morgan fingerprint density at radius 3 is 3.05 bits per heavy atom. The summed E-state index contributed by atoms with van der Waals surface area (Å²) in [4.78, 5) is 24.2. The van der Waals surface area contributed by atoms with E-state index in [1.54, 1.807) is 0 Å². The lowest BCUT2D eigenvalue weighted by molar-refractivity contribution is 0.300. The maximum Gasteiger partial charge on any atom is 0.260 e. The molecule has 0 saturated carbocycles. The van der Waals surface area contributed by atoms with Crippen molar-refractivity contribution in [3.63, 3.8) is 0 Å². The zero-order valence-electron chi connectivity index (χ0n) is 12.7. The molecule has 1 atom stereocenters. The van der Waals surface area contributed by atoms with Gasteiger partial charge in [0.2, 0.25) is 5.95 Å². The summed E-state index contributed by atoms with van der Waals surface area (Å²) in [6, 6.07) is 7.49. The fourth-order valence-corrected chi connectivity index (χ4v) is 2.97. The molecule has 0 bridgehead atoms. The molecular weight excluding hydrogens is 264 g/mol. The maximum absolute atomic E-state index is 12.1. The molecule has 5 heteroatoms. The molecule has 0 spiro atoms. The summed E-state index contributed by atoms with van der Waals surface area (Å²) in [5.41, 5.74) is 0.718. The topological polar surface area (TPSA) is 52.2 Å². The lowest BCUT2D eigenvalue weighted by Crippen LogP contribution is -2.29. The minimum absolute atomic E-state index is 0.0512. The number of aromatic nitrogens is 2. The van der Waals surface area contributed by atoms with Crippen molar-refractivity contribution in [2.75, 3.05) is 38.1 Å². The molecule has 5 nitrogen and oxygen atoms in total. The zero-order chi connectivity index (χ0) is 14.8. The maximum atomic E-state index is 12.1. The Kier molecular flexibility index (Phi) is 3.92. The number of H-pyrrole nitrogens is 1. The van der Waals surface area contributed by atoms with Gasteiger partial charge in [0.25, 0.3) is 5.56 Å². The molecule has 0 aliphatic carbocycles. The number of nitrogens with zero attached hydrogens (tertiary/aromatic N) is 3. The lowest BCUT2D eigenvalue weighted by atomic mass is 10.1. The Bertz CT molecular complexity index is 681. The molecule has 1 unspecified atom stereocenters. The van der Waals surface area contributed by atoms with Crippen molar-refractivity contribution >= 4 is 16.9 Å². The summed E-state index contributed by atoms with van der Waals surface area (Å²) in [7, 11) is 2.15. The second kappa shape index (κ2) is 5.85. The molecule has 0 radical (unpaired) electrons. The molecular formula is C16H22N4O. The van der Waals surface area contributed by atoms with Gasteiger partial charge in [0, 0.05) is 19.6 Å². The van der Waals surface area contributed by atoms with Crippen LogP contribution in [0.2, 0.25) is 0 Å². The number of fused-ring (bicyclic) bond motifs is 1. The molecule has 2 aromatic rings. The van der Waals surface area contributed by atoms with Crippen molar-refractivity contribution < 1.29 is 0 Å². The molecule has 1 aliphatic rings. The van der Waals surface area contributed by atoms with Crippen LogP contribution in [0.1, 0.15) is 13.3 Å². The molecule has 0 amide bonds. The fourth-order valence-electron chi connectivity index (χ4n) is 2.97. The van der Waals surface area contributed by atoms with Gasteiger partial charge in [0.1, 0.15) is 0 Å².